The number of carbonyl (C=O) groups is 1. The van der Waals surface area contributed by atoms with E-state index < -0.39 is 0 Å². The number of rotatable bonds is 4. The first kappa shape index (κ1) is 12.9. The molecule has 0 aromatic carbocycles. The SMILES string of the molecule is CCOC1CC(NC(=O)c2cn[nH]c2N)C1(C)C. The number of anilines is 1. The van der Waals surface area contributed by atoms with Gasteiger partial charge in [0.2, 0.25) is 0 Å². The van der Waals surface area contributed by atoms with E-state index in [1.807, 2.05) is 6.92 Å². The third-order valence-corrected chi connectivity index (χ3v) is 3.76. The second-order valence-electron chi connectivity index (χ2n) is 5.22. The van der Waals surface area contributed by atoms with Crippen LogP contribution in [0.4, 0.5) is 5.82 Å². The average molecular weight is 252 g/mol. The average Bonchev–Trinajstić information content (AvgIpc) is 2.74. The highest BCUT2D eigenvalue weighted by atomic mass is 16.5. The van der Waals surface area contributed by atoms with Crippen LogP contribution in [-0.4, -0.2) is 34.9 Å². The Morgan fingerprint density at radius 1 is 1.72 bits per heavy atom. The summed E-state index contributed by atoms with van der Waals surface area (Å²) in [5, 5.41) is 9.27. The molecular weight excluding hydrogens is 232 g/mol. The normalized spacial score (nSPS) is 25.5. The Hall–Kier alpha value is -1.56. The van der Waals surface area contributed by atoms with Crippen LogP contribution < -0.4 is 11.1 Å². The summed E-state index contributed by atoms with van der Waals surface area (Å²) in [6, 6.07) is 0.107. The van der Waals surface area contributed by atoms with E-state index in [2.05, 4.69) is 29.4 Å². The highest BCUT2D eigenvalue weighted by molar-refractivity contribution is 5.98. The first-order chi connectivity index (χ1) is 8.46. The molecule has 6 heteroatoms. The van der Waals surface area contributed by atoms with Crippen LogP contribution >= 0.6 is 0 Å². The Labute approximate surface area is 106 Å². The summed E-state index contributed by atoms with van der Waals surface area (Å²) in [5.41, 5.74) is 5.96. The van der Waals surface area contributed by atoms with Crippen LogP contribution in [0.1, 0.15) is 37.6 Å². The monoisotopic (exact) mass is 252 g/mol. The number of H-pyrrole nitrogens is 1. The van der Waals surface area contributed by atoms with Gasteiger partial charge in [0, 0.05) is 18.1 Å². The number of hydrogen-bond donors (Lipinski definition) is 3. The lowest BCUT2D eigenvalue weighted by molar-refractivity contribution is -0.111. The number of ether oxygens (including phenoxy) is 1. The van der Waals surface area contributed by atoms with Crippen molar-refractivity contribution < 1.29 is 9.53 Å². The second-order valence-corrected chi connectivity index (χ2v) is 5.22. The molecule has 4 N–H and O–H groups in total. The van der Waals surface area contributed by atoms with Crippen molar-refractivity contribution in [3.8, 4) is 0 Å². The molecule has 1 aromatic rings. The fraction of sp³-hybridized carbons (Fsp3) is 0.667. The van der Waals surface area contributed by atoms with E-state index in [4.69, 9.17) is 10.5 Å². The van der Waals surface area contributed by atoms with Crippen molar-refractivity contribution in [2.75, 3.05) is 12.3 Å². The molecule has 1 aliphatic rings. The first-order valence-corrected chi connectivity index (χ1v) is 6.18. The molecule has 1 aliphatic carbocycles. The van der Waals surface area contributed by atoms with Gasteiger partial charge < -0.3 is 15.8 Å². The lowest BCUT2D eigenvalue weighted by Crippen LogP contribution is -2.62. The topological polar surface area (TPSA) is 93.0 Å². The minimum atomic E-state index is -0.186. The van der Waals surface area contributed by atoms with E-state index in [1.165, 1.54) is 6.20 Å². The molecule has 18 heavy (non-hydrogen) atoms. The second kappa shape index (κ2) is 4.61. The minimum absolute atomic E-state index is 0.0514. The van der Waals surface area contributed by atoms with Crippen molar-refractivity contribution in [3.05, 3.63) is 11.8 Å². The molecule has 1 fully saturated rings. The highest BCUT2D eigenvalue weighted by Crippen LogP contribution is 2.42. The molecule has 1 amide bonds. The van der Waals surface area contributed by atoms with Gasteiger partial charge in [0.05, 0.1) is 12.3 Å². The predicted octanol–water partition coefficient (Wildman–Crippen LogP) is 0.925. The lowest BCUT2D eigenvalue weighted by atomic mass is 9.64. The zero-order valence-corrected chi connectivity index (χ0v) is 11.0. The van der Waals surface area contributed by atoms with E-state index >= 15 is 0 Å². The molecule has 0 radical (unpaired) electrons. The highest BCUT2D eigenvalue weighted by Gasteiger charge is 2.49. The zero-order chi connectivity index (χ0) is 13.3. The van der Waals surface area contributed by atoms with Crippen LogP contribution in [0.5, 0.6) is 0 Å². The van der Waals surface area contributed by atoms with Crippen LogP contribution in [0.25, 0.3) is 0 Å². The fourth-order valence-corrected chi connectivity index (χ4v) is 2.33. The summed E-state index contributed by atoms with van der Waals surface area (Å²) >= 11 is 0. The Balaban J connectivity index is 1.96. The summed E-state index contributed by atoms with van der Waals surface area (Å²) in [4.78, 5) is 12.0. The summed E-state index contributed by atoms with van der Waals surface area (Å²) in [6.45, 7) is 6.87. The van der Waals surface area contributed by atoms with Crippen molar-refractivity contribution in [1.82, 2.24) is 15.5 Å². The summed E-state index contributed by atoms with van der Waals surface area (Å²) in [7, 11) is 0. The quantitative estimate of drug-likeness (QED) is 0.743. The molecule has 0 spiro atoms. The van der Waals surface area contributed by atoms with Crippen LogP contribution in [0.2, 0.25) is 0 Å². The molecule has 2 atom stereocenters. The number of aromatic nitrogens is 2. The van der Waals surface area contributed by atoms with Crippen LogP contribution in [-0.2, 0) is 4.74 Å². The molecule has 0 saturated heterocycles. The van der Waals surface area contributed by atoms with Crippen molar-refractivity contribution in [3.63, 3.8) is 0 Å². The van der Waals surface area contributed by atoms with Crippen LogP contribution in [0.15, 0.2) is 6.20 Å². The predicted molar refractivity (Wildman–Crippen MR) is 68.1 cm³/mol. The van der Waals surface area contributed by atoms with Gasteiger partial charge in [-0.15, -0.1) is 0 Å². The van der Waals surface area contributed by atoms with Crippen molar-refractivity contribution in [2.24, 2.45) is 5.41 Å². The molecule has 2 rings (SSSR count). The molecule has 6 nitrogen and oxygen atoms in total. The van der Waals surface area contributed by atoms with Gasteiger partial charge in [-0.2, -0.15) is 5.10 Å². The third-order valence-electron chi connectivity index (χ3n) is 3.76. The van der Waals surface area contributed by atoms with Gasteiger partial charge in [-0.05, 0) is 13.3 Å². The van der Waals surface area contributed by atoms with E-state index in [0.29, 0.717) is 18.0 Å². The third kappa shape index (κ3) is 2.08. The van der Waals surface area contributed by atoms with Crippen LogP contribution in [0, 0.1) is 5.41 Å². The number of nitrogens with one attached hydrogen (secondary N) is 2. The summed E-state index contributed by atoms with van der Waals surface area (Å²) in [5.74, 6) is 0.111. The number of hydrogen-bond acceptors (Lipinski definition) is 4. The number of nitrogens with two attached hydrogens (primary N) is 1. The van der Waals surface area contributed by atoms with Crippen molar-refractivity contribution in [2.45, 2.75) is 39.3 Å². The molecular formula is C12H20N4O2. The molecule has 100 valence electrons. The van der Waals surface area contributed by atoms with E-state index in [0.717, 1.165) is 6.42 Å². The smallest absolute Gasteiger partial charge is 0.256 e. The molecule has 0 aliphatic heterocycles. The largest absolute Gasteiger partial charge is 0.383 e. The number of aromatic amines is 1. The maximum atomic E-state index is 12.0. The Kier molecular flexibility index (Phi) is 3.30. The van der Waals surface area contributed by atoms with Gasteiger partial charge in [-0.25, -0.2) is 0 Å². The van der Waals surface area contributed by atoms with Gasteiger partial charge in [0.25, 0.3) is 5.91 Å². The molecule has 2 unspecified atom stereocenters. The molecule has 0 bridgehead atoms. The van der Waals surface area contributed by atoms with Crippen molar-refractivity contribution >= 4 is 11.7 Å². The van der Waals surface area contributed by atoms with Gasteiger partial charge in [0.1, 0.15) is 11.4 Å². The van der Waals surface area contributed by atoms with Gasteiger partial charge in [0.15, 0.2) is 0 Å². The Morgan fingerprint density at radius 3 is 2.94 bits per heavy atom. The fourth-order valence-electron chi connectivity index (χ4n) is 2.33. The van der Waals surface area contributed by atoms with Gasteiger partial charge >= 0.3 is 0 Å². The van der Waals surface area contributed by atoms with Crippen molar-refractivity contribution in [1.29, 1.82) is 0 Å². The van der Waals surface area contributed by atoms with Gasteiger partial charge in [-0.1, -0.05) is 13.8 Å². The van der Waals surface area contributed by atoms with E-state index in [1.54, 1.807) is 0 Å². The maximum absolute atomic E-state index is 12.0. The lowest BCUT2D eigenvalue weighted by Gasteiger charge is -2.51. The molecule has 1 heterocycles. The molecule has 1 saturated carbocycles. The number of nitrogen functional groups attached to an aromatic ring is 1. The molecule has 1 aromatic heterocycles. The Morgan fingerprint density at radius 2 is 2.44 bits per heavy atom. The standard InChI is InChI=1S/C12H20N4O2/c1-4-18-9-5-8(12(9,2)3)15-11(17)7-6-14-16-10(7)13/h6,8-9H,4-5H2,1-3H3,(H,15,17)(H3,13,14,16). The summed E-state index contributed by atoms with van der Waals surface area (Å²) in [6.07, 6.45) is 2.48. The zero-order valence-electron chi connectivity index (χ0n) is 11.0. The number of carbonyl (C=O) groups excluding carboxylic acids is 1. The number of nitrogens with zero attached hydrogens (tertiary/aromatic N) is 1. The van der Waals surface area contributed by atoms with E-state index in [9.17, 15) is 4.79 Å². The first-order valence-electron chi connectivity index (χ1n) is 6.18. The van der Waals surface area contributed by atoms with Crippen LogP contribution in [0.3, 0.4) is 0 Å². The van der Waals surface area contributed by atoms with Gasteiger partial charge in [-0.3, -0.25) is 9.89 Å². The minimum Gasteiger partial charge on any atom is -0.383 e. The maximum Gasteiger partial charge on any atom is 0.256 e. The number of amides is 1. The Bertz CT molecular complexity index is 441. The summed E-state index contributed by atoms with van der Waals surface area (Å²) < 4.78 is 5.62. The van der Waals surface area contributed by atoms with E-state index in [-0.39, 0.29) is 23.5 Å².